The van der Waals surface area contributed by atoms with Crippen LogP contribution in [0.25, 0.3) is 0 Å². The van der Waals surface area contributed by atoms with Crippen LogP contribution in [0.4, 0.5) is 0 Å². The second-order valence-electron chi connectivity index (χ2n) is 7.55. The third kappa shape index (κ3) is 3.82. The standard InChI is InChI=1S/C20H31NO2/c1-16(10-5-8-15-21(2)3)17-11-9-12-18-19(17)23-20(22-18)13-6-4-7-14-20/h9,11-12,16H,4-8,10,13-15H2,1-3H3. The number of hydrogen-bond acceptors (Lipinski definition) is 3. The first-order chi connectivity index (χ1) is 11.1. The molecular formula is C20H31NO2. The lowest BCUT2D eigenvalue weighted by Crippen LogP contribution is -2.40. The highest BCUT2D eigenvalue weighted by Gasteiger charge is 2.43. The van der Waals surface area contributed by atoms with Gasteiger partial charge in [0.25, 0.3) is 5.79 Å². The molecule has 3 nitrogen and oxygen atoms in total. The Balaban J connectivity index is 1.65. The summed E-state index contributed by atoms with van der Waals surface area (Å²) in [7, 11) is 4.28. The van der Waals surface area contributed by atoms with E-state index >= 15 is 0 Å². The molecule has 23 heavy (non-hydrogen) atoms. The molecule has 1 aromatic carbocycles. The maximum Gasteiger partial charge on any atom is 0.251 e. The largest absolute Gasteiger partial charge is 0.448 e. The minimum absolute atomic E-state index is 0.360. The van der Waals surface area contributed by atoms with E-state index in [9.17, 15) is 0 Å². The van der Waals surface area contributed by atoms with Crippen LogP contribution in [0, 0.1) is 0 Å². The van der Waals surface area contributed by atoms with E-state index < -0.39 is 0 Å². The number of rotatable bonds is 6. The van der Waals surface area contributed by atoms with Crippen LogP contribution in [-0.4, -0.2) is 31.3 Å². The van der Waals surface area contributed by atoms with Gasteiger partial charge in [0.15, 0.2) is 11.5 Å². The summed E-state index contributed by atoms with van der Waals surface area (Å²) in [6.07, 6.45) is 9.51. The Bertz CT molecular complexity index is 520. The van der Waals surface area contributed by atoms with Crippen LogP contribution < -0.4 is 9.47 Å². The molecule has 1 aliphatic carbocycles. The first-order valence-corrected chi connectivity index (χ1v) is 9.25. The molecule has 128 valence electrons. The maximum absolute atomic E-state index is 6.40. The molecule has 3 heteroatoms. The molecule has 1 saturated carbocycles. The first-order valence-electron chi connectivity index (χ1n) is 9.25. The topological polar surface area (TPSA) is 21.7 Å². The summed E-state index contributed by atoms with van der Waals surface area (Å²) in [6, 6.07) is 6.41. The fourth-order valence-corrected chi connectivity index (χ4v) is 3.85. The van der Waals surface area contributed by atoms with Gasteiger partial charge in [-0.25, -0.2) is 0 Å². The molecule has 0 aromatic heterocycles. The van der Waals surface area contributed by atoms with Crippen molar-refractivity contribution in [1.82, 2.24) is 4.90 Å². The quantitative estimate of drug-likeness (QED) is 0.693. The predicted molar refractivity (Wildman–Crippen MR) is 94.3 cm³/mol. The number of unbranched alkanes of at least 4 members (excludes halogenated alkanes) is 1. The molecule has 0 N–H and O–H groups in total. The zero-order valence-corrected chi connectivity index (χ0v) is 14.9. The van der Waals surface area contributed by atoms with Crippen molar-refractivity contribution in [1.29, 1.82) is 0 Å². The van der Waals surface area contributed by atoms with Crippen molar-refractivity contribution < 1.29 is 9.47 Å². The lowest BCUT2D eigenvalue weighted by atomic mass is 9.93. The normalized spacial score (nSPS) is 20.2. The van der Waals surface area contributed by atoms with Gasteiger partial charge < -0.3 is 14.4 Å². The molecule has 0 amide bonds. The van der Waals surface area contributed by atoms with Gasteiger partial charge in [-0.3, -0.25) is 0 Å². The zero-order chi connectivity index (χ0) is 16.3. The first kappa shape index (κ1) is 16.6. The fourth-order valence-electron chi connectivity index (χ4n) is 3.85. The van der Waals surface area contributed by atoms with Crippen molar-refractivity contribution in [3.8, 4) is 11.5 Å². The van der Waals surface area contributed by atoms with Gasteiger partial charge >= 0.3 is 0 Å². The molecule has 1 aromatic rings. The predicted octanol–water partition coefficient (Wildman–Crippen LogP) is 4.95. The lowest BCUT2D eigenvalue weighted by molar-refractivity contribution is -0.105. The third-order valence-corrected chi connectivity index (χ3v) is 5.23. The molecule has 0 bridgehead atoms. The van der Waals surface area contributed by atoms with Crippen molar-refractivity contribution >= 4 is 0 Å². The molecule has 1 fully saturated rings. The molecule has 1 spiro atoms. The van der Waals surface area contributed by atoms with Crippen LogP contribution >= 0.6 is 0 Å². The molecule has 1 unspecified atom stereocenters. The van der Waals surface area contributed by atoms with E-state index in [1.807, 2.05) is 0 Å². The molecule has 0 radical (unpaired) electrons. The summed E-state index contributed by atoms with van der Waals surface area (Å²) in [5.41, 5.74) is 1.33. The molecule has 3 rings (SSSR count). The molecule has 2 aliphatic rings. The van der Waals surface area contributed by atoms with Gasteiger partial charge in [-0.1, -0.05) is 31.9 Å². The Morgan fingerprint density at radius 3 is 2.61 bits per heavy atom. The van der Waals surface area contributed by atoms with Crippen molar-refractivity contribution in [2.24, 2.45) is 0 Å². The molecule has 1 aliphatic heterocycles. The Hall–Kier alpha value is -1.22. The SMILES string of the molecule is CC(CCCCN(C)C)c1cccc2c1OC1(CCCCC1)O2. The van der Waals surface area contributed by atoms with Gasteiger partial charge in [0.1, 0.15) is 0 Å². The Kier molecular flexibility index (Phi) is 5.15. The highest BCUT2D eigenvalue weighted by atomic mass is 16.7. The third-order valence-electron chi connectivity index (χ3n) is 5.23. The number of fused-ring (bicyclic) bond motifs is 1. The smallest absolute Gasteiger partial charge is 0.251 e. The van der Waals surface area contributed by atoms with Crippen LogP contribution in [0.3, 0.4) is 0 Å². The van der Waals surface area contributed by atoms with Crippen molar-refractivity contribution in [2.45, 2.75) is 70.0 Å². The molecular weight excluding hydrogens is 286 g/mol. The van der Waals surface area contributed by atoms with Gasteiger partial charge in [0.2, 0.25) is 0 Å². The monoisotopic (exact) mass is 317 g/mol. The van der Waals surface area contributed by atoms with Crippen LogP contribution in [0.2, 0.25) is 0 Å². The molecule has 1 atom stereocenters. The number of benzene rings is 1. The van der Waals surface area contributed by atoms with Crippen molar-refractivity contribution in [3.05, 3.63) is 23.8 Å². The van der Waals surface area contributed by atoms with Crippen LogP contribution in [0.1, 0.15) is 69.8 Å². The average molecular weight is 317 g/mol. The minimum atomic E-state index is -0.360. The van der Waals surface area contributed by atoms with E-state index in [2.05, 4.69) is 44.1 Å². The zero-order valence-electron chi connectivity index (χ0n) is 14.9. The summed E-state index contributed by atoms with van der Waals surface area (Å²) in [5, 5.41) is 0. The fraction of sp³-hybridized carbons (Fsp3) is 0.700. The Morgan fingerprint density at radius 1 is 1.09 bits per heavy atom. The van der Waals surface area contributed by atoms with Gasteiger partial charge in [0, 0.05) is 18.4 Å². The highest BCUT2D eigenvalue weighted by molar-refractivity contribution is 5.50. The maximum atomic E-state index is 6.40. The Morgan fingerprint density at radius 2 is 1.87 bits per heavy atom. The summed E-state index contributed by atoms with van der Waals surface area (Å²) in [6.45, 7) is 3.49. The van der Waals surface area contributed by atoms with Crippen molar-refractivity contribution in [3.63, 3.8) is 0 Å². The minimum Gasteiger partial charge on any atom is -0.448 e. The van der Waals surface area contributed by atoms with Gasteiger partial charge in [0.05, 0.1) is 0 Å². The van der Waals surface area contributed by atoms with Crippen molar-refractivity contribution in [2.75, 3.05) is 20.6 Å². The van der Waals surface area contributed by atoms with E-state index in [1.165, 1.54) is 50.6 Å². The molecule has 1 heterocycles. The second-order valence-corrected chi connectivity index (χ2v) is 7.55. The average Bonchev–Trinajstić information content (AvgIpc) is 2.89. The highest BCUT2D eigenvalue weighted by Crippen LogP contribution is 2.49. The van der Waals surface area contributed by atoms with Crippen LogP contribution in [-0.2, 0) is 0 Å². The number of nitrogens with zero attached hydrogens (tertiary/aromatic N) is 1. The number of hydrogen-bond donors (Lipinski definition) is 0. The van der Waals surface area contributed by atoms with Crippen LogP contribution in [0.15, 0.2) is 18.2 Å². The van der Waals surface area contributed by atoms with E-state index in [-0.39, 0.29) is 5.79 Å². The van der Waals surface area contributed by atoms with E-state index in [0.29, 0.717) is 5.92 Å². The summed E-state index contributed by atoms with van der Waals surface area (Å²) >= 11 is 0. The lowest BCUT2D eigenvalue weighted by Gasteiger charge is -2.31. The molecule has 0 saturated heterocycles. The summed E-state index contributed by atoms with van der Waals surface area (Å²) in [4.78, 5) is 2.26. The van der Waals surface area contributed by atoms with E-state index in [0.717, 1.165) is 24.3 Å². The van der Waals surface area contributed by atoms with Gasteiger partial charge in [-0.2, -0.15) is 0 Å². The second kappa shape index (κ2) is 7.12. The number of para-hydroxylation sites is 1. The Labute approximate surface area is 141 Å². The van der Waals surface area contributed by atoms with E-state index in [4.69, 9.17) is 9.47 Å². The van der Waals surface area contributed by atoms with E-state index in [1.54, 1.807) is 0 Å². The summed E-state index contributed by atoms with van der Waals surface area (Å²) in [5.74, 6) is 2.15. The van der Waals surface area contributed by atoms with Gasteiger partial charge in [-0.05, 0) is 58.3 Å². The summed E-state index contributed by atoms with van der Waals surface area (Å²) < 4.78 is 12.7. The van der Waals surface area contributed by atoms with Gasteiger partial charge in [-0.15, -0.1) is 0 Å². The number of ether oxygens (including phenoxy) is 2. The van der Waals surface area contributed by atoms with Crippen LogP contribution in [0.5, 0.6) is 11.5 Å².